The van der Waals surface area contributed by atoms with Crippen molar-refractivity contribution >= 4 is 0 Å². The molecule has 1 fully saturated rings. The number of alkyl halides is 1. The van der Waals surface area contributed by atoms with Gasteiger partial charge in [-0.25, -0.2) is 4.39 Å². The molecule has 1 rings (SSSR count). The maximum Gasteiger partial charge on any atom is 0.135 e. The second-order valence-corrected chi connectivity index (χ2v) is 2.82. The molecule has 0 unspecified atom stereocenters. The van der Waals surface area contributed by atoms with Crippen LogP contribution in [-0.4, -0.2) is 30.1 Å². The Labute approximate surface area is 65.7 Å². The van der Waals surface area contributed by atoms with Gasteiger partial charge in [0.1, 0.15) is 6.17 Å². The zero-order chi connectivity index (χ0) is 8.43. The zero-order valence-corrected chi connectivity index (χ0v) is 6.53. The lowest BCUT2D eigenvalue weighted by atomic mass is 9.98. The molecule has 64 valence electrons. The van der Waals surface area contributed by atoms with Gasteiger partial charge in [0.2, 0.25) is 0 Å². The lowest BCUT2D eigenvalue weighted by Gasteiger charge is -2.11. The van der Waals surface area contributed by atoms with Gasteiger partial charge in [-0.05, 0) is 6.92 Å². The van der Waals surface area contributed by atoms with Crippen LogP contribution in [0.15, 0.2) is 12.7 Å². The molecule has 0 aromatic rings. The van der Waals surface area contributed by atoms with E-state index >= 15 is 0 Å². The topological polar surface area (TPSA) is 29.5 Å². The lowest BCUT2D eigenvalue weighted by Crippen LogP contribution is -2.22. The number of hydrogen-bond donors (Lipinski definition) is 1. The largest absolute Gasteiger partial charge is 0.394 e. The normalized spacial score (nSPS) is 44.3. The summed E-state index contributed by atoms with van der Waals surface area (Å²) in [5.41, 5.74) is 0. The summed E-state index contributed by atoms with van der Waals surface area (Å²) in [5.74, 6) is -0.352. The Hall–Kier alpha value is -0.410. The lowest BCUT2D eigenvalue weighted by molar-refractivity contribution is 0.00655. The first-order valence-electron chi connectivity index (χ1n) is 3.73. The molecule has 3 heteroatoms. The van der Waals surface area contributed by atoms with Crippen LogP contribution in [0.4, 0.5) is 4.39 Å². The van der Waals surface area contributed by atoms with Crippen LogP contribution in [0.3, 0.4) is 0 Å². The summed E-state index contributed by atoms with van der Waals surface area (Å²) in [6, 6.07) is 0. The monoisotopic (exact) mass is 160 g/mol. The van der Waals surface area contributed by atoms with E-state index in [1.807, 2.05) is 0 Å². The quantitative estimate of drug-likeness (QED) is 0.608. The van der Waals surface area contributed by atoms with Crippen molar-refractivity contribution in [2.45, 2.75) is 25.3 Å². The SMILES string of the molecule is C=C[C@H]1[C@H](F)[C@H](C)O[C@@H]1CO. The van der Waals surface area contributed by atoms with Crippen molar-refractivity contribution in [2.75, 3.05) is 6.61 Å². The molecule has 0 aromatic carbocycles. The van der Waals surface area contributed by atoms with E-state index in [2.05, 4.69) is 6.58 Å². The Morgan fingerprint density at radius 2 is 2.36 bits per heavy atom. The third-order valence-corrected chi connectivity index (χ3v) is 2.09. The average Bonchev–Trinajstić information content (AvgIpc) is 2.28. The molecule has 1 heterocycles. The van der Waals surface area contributed by atoms with Gasteiger partial charge in [-0.2, -0.15) is 0 Å². The molecule has 2 nitrogen and oxygen atoms in total. The van der Waals surface area contributed by atoms with Crippen molar-refractivity contribution in [3.8, 4) is 0 Å². The fourth-order valence-corrected chi connectivity index (χ4v) is 1.41. The van der Waals surface area contributed by atoms with Crippen LogP contribution in [0.5, 0.6) is 0 Å². The minimum atomic E-state index is -1.02. The van der Waals surface area contributed by atoms with Crippen molar-refractivity contribution in [1.29, 1.82) is 0 Å². The summed E-state index contributed by atoms with van der Waals surface area (Å²) in [6.07, 6.45) is -0.341. The summed E-state index contributed by atoms with van der Waals surface area (Å²) < 4.78 is 18.2. The second kappa shape index (κ2) is 3.32. The van der Waals surface area contributed by atoms with Gasteiger partial charge in [0.15, 0.2) is 0 Å². The Bertz CT molecular complexity index is 149. The van der Waals surface area contributed by atoms with E-state index in [4.69, 9.17) is 9.84 Å². The molecule has 1 saturated heterocycles. The molecular weight excluding hydrogens is 147 g/mol. The van der Waals surface area contributed by atoms with Gasteiger partial charge in [0.25, 0.3) is 0 Å². The first kappa shape index (κ1) is 8.68. The highest BCUT2D eigenvalue weighted by Gasteiger charge is 2.40. The van der Waals surface area contributed by atoms with Crippen LogP contribution in [0.25, 0.3) is 0 Å². The van der Waals surface area contributed by atoms with E-state index in [0.29, 0.717) is 0 Å². The molecule has 0 spiro atoms. The van der Waals surface area contributed by atoms with Gasteiger partial charge in [-0.15, -0.1) is 6.58 Å². The highest BCUT2D eigenvalue weighted by atomic mass is 19.1. The third kappa shape index (κ3) is 1.44. The fourth-order valence-electron chi connectivity index (χ4n) is 1.41. The molecule has 11 heavy (non-hydrogen) atoms. The molecule has 1 aliphatic rings. The van der Waals surface area contributed by atoms with E-state index in [1.54, 1.807) is 6.92 Å². The van der Waals surface area contributed by atoms with Crippen LogP contribution in [0.1, 0.15) is 6.92 Å². The van der Waals surface area contributed by atoms with Crippen LogP contribution >= 0.6 is 0 Å². The zero-order valence-electron chi connectivity index (χ0n) is 6.53. The van der Waals surface area contributed by atoms with Crippen LogP contribution in [-0.2, 0) is 4.74 Å². The van der Waals surface area contributed by atoms with E-state index in [9.17, 15) is 4.39 Å². The molecular formula is C8H13FO2. The second-order valence-electron chi connectivity index (χ2n) is 2.82. The summed E-state index contributed by atoms with van der Waals surface area (Å²) in [7, 11) is 0. The Morgan fingerprint density at radius 1 is 1.73 bits per heavy atom. The molecule has 0 radical (unpaired) electrons. The van der Waals surface area contributed by atoms with Gasteiger partial charge >= 0.3 is 0 Å². The molecule has 4 atom stereocenters. The molecule has 0 bridgehead atoms. The number of aliphatic hydroxyl groups excluding tert-OH is 1. The van der Waals surface area contributed by atoms with Gasteiger partial charge in [-0.3, -0.25) is 0 Å². The number of ether oxygens (including phenoxy) is 1. The van der Waals surface area contributed by atoms with Gasteiger partial charge < -0.3 is 9.84 Å². The van der Waals surface area contributed by atoms with Crippen molar-refractivity contribution in [3.05, 3.63) is 12.7 Å². The maximum atomic E-state index is 13.1. The smallest absolute Gasteiger partial charge is 0.135 e. The Morgan fingerprint density at radius 3 is 2.73 bits per heavy atom. The van der Waals surface area contributed by atoms with Crippen molar-refractivity contribution in [2.24, 2.45) is 5.92 Å². The van der Waals surface area contributed by atoms with E-state index in [0.717, 1.165) is 0 Å². The summed E-state index contributed by atoms with van der Waals surface area (Å²) in [5, 5.41) is 8.76. The number of aliphatic hydroxyl groups is 1. The Kier molecular flexibility index (Phi) is 2.62. The van der Waals surface area contributed by atoms with Crippen LogP contribution < -0.4 is 0 Å². The van der Waals surface area contributed by atoms with Crippen molar-refractivity contribution in [3.63, 3.8) is 0 Å². The highest BCUT2D eigenvalue weighted by Crippen LogP contribution is 2.29. The molecule has 0 aromatic heterocycles. The van der Waals surface area contributed by atoms with Crippen LogP contribution in [0.2, 0.25) is 0 Å². The van der Waals surface area contributed by atoms with Crippen LogP contribution in [0, 0.1) is 5.92 Å². The van der Waals surface area contributed by atoms with Gasteiger partial charge in [0.05, 0.1) is 18.8 Å². The summed E-state index contributed by atoms with van der Waals surface area (Å²) in [6.45, 7) is 5.02. The summed E-state index contributed by atoms with van der Waals surface area (Å²) in [4.78, 5) is 0. The van der Waals surface area contributed by atoms with Crippen molar-refractivity contribution < 1.29 is 14.2 Å². The standard InChI is InChI=1S/C8H13FO2/c1-3-6-7(4-10)11-5(2)8(6)9/h3,5-8,10H,1,4H2,2H3/t5-,6+,7+,8+/m0/s1. The number of hydrogen-bond acceptors (Lipinski definition) is 2. The predicted molar refractivity (Wildman–Crippen MR) is 40.0 cm³/mol. The molecule has 0 aliphatic carbocycles. The minimum Gasteiger partial charge on any atom is -0.394 e. The van der Waals surface area contributed by atoms with Gasteiger partial charge in [0, 0.05) is 5.92 Å². The molecule has 1 N–H and O–H groups in total. The van der Waals surface area contributed by atoms with E-state index in [-0.39, 0.29) is 12.5 Å². The molecule has 0 saturated carbocycles. The fraction of sp³-hybridized carbons (Fsp3) is 0.750. The number of halogens is 1. The van der Waals surface area contributed by atoms with Crippen molar-refractivity contribution in [1.82, 2.24) is 0 Å². The van der Waals surface area contributed by atoms with Gasteiger partial charge in [-0.1, -0.05) is 6.08 Å². The highest BCUT2D eigenvalue weighted by molar-refractivity contribution is 4.97. The predicted octanol–water partition coefficient (Wildman–Crippen LogP) is 0.906. The summed E-state index contributed by atoms with van der Waals surface area (Å²) >= 11 is 0. The molecule has 0 amide bonds. The maximum absolute atomic E-state index is 13.1. The van der Waals surface area contributed by atoms with E-state index < -0.39 is 18.4 Å². The molecule has 1 aliphatic heterocycles. The third-order valence-electron chi connectivity index (χ3n) is 2.09. The Balaban J connectivity index is 2.64. The van der Waals surface area contributed by atoms with E-state index in [1.165, 1.54) is 6.08 Å². The number of rotatable bonds is 2. The minimum absolute atomic E-state index is 0.137. The first-order chi connectivity index (χ1) is 5.20. The first-order valence-corrected chi connectivity index (χ1v) is 3.73. The average molecular weight is 160 g/mol.